The van der Waals surface area contributed by atoms with Crippen LogP contribution >= 0.6 is 0 Å². The van der Waals surface area contributed by atoms with E-state index in [1.165, 1.54) is 13.2 Å². The predicted molar refractivity (Wildman–Crippen MR) is 50.5 cm³/mol. The number of nitrogens with one attached hydrogen (secondary N) is 1. The van der Waals surface area contributed by atoms with Gasteiger partial charge in [-0.05, 0) is 0 Å². The Labute approximate surface area is 82.7 Å². The van der Waals surface area contributed by atoms with E-state index < -0.39 is 12.1 Å². The van der Waals surface area contributed by atoms with Crippen LogP contribution < -0.4 is 5.32 Å². The first-order chi connectivity index (χ1) is 6.60. The molecule has 5 heteroatoms. The van der Waals surface area contributed by atoms with Gasteiger partial charge in [-0.2, -0.15) is 0 Å². The summed E-state index contributed by atoms with van der Waals surface area (Å²) in [5.74, 6) is -0.852. The molecule has 0 aliphatic rings. The number of hydrogen-bond acceptors (Lipinski definition) is 4. The quantitative estimate of drug-likeness (QED) is 0.453. The SMILES string of the molecule is C=CCNC(=O)C[C@H](O)CC(=O)OC. The Morgan fingerprint density at radius 3 is 2.71 bits per heavy atom. The van der Waals surface area contributed by atoms with Gasteiger partial charge >= 0.3 is 5.97 Å². The minimum atomic E-state index is -0.993. The van der Waals surface area contributed by atoms with Crippen LogP contribution in [0.5, 0.6) is 0 Å². The van der Waals surface area contributed by atoms with Gasteiger partial charge in [-0.15, -0.1) is 6.58 Å². The van der Waals surface area contributed by atoms with Gasteiger partial charge in [0, 0.05) is 6.54 Å². The Morgan fingerprint density at radius 2 is 2.21 bits per heavy atom. The van der Waals surface area contributed by atoms with E-state index in [0.29, 0.717) is 6.54 Å². The standard InChI is InChI=1S/C9H15NO4/c1-3-4-10-8(12)5-7(11)6-9(13)14-2/h3,7,11H,1,4-6H2,2H3,(H,10,12)/t7-/m0/s1. The van der Waals surface area contributed by atoms with Gasteiger partial charge < -0.3 is 15.2 Å². The minimum absolute atomic E-state index is 0.108. The van der Waals surface area contributed by atoms with Gasteiger partial charge in [-0.25, -0.2) is 0 Å². The maximum atomic E-state index is 11.0. The van der Waals surface area contributed by atoms with E-state index >= 15 is 0 Å². The molecule has 0 saturated carbocycles. The van der Waals surface area contributed by atoms with Gasteiger partial charge in [0.1, 0.15) is 0 Å². The van der Waals surface area contributed by atoms with Crippen LogP contribution in [0.4, 0.5) is 0 Å². The summed E-state index contributed by atoms with van der Waals surface area (Å²) in [6.45, 7) is 3.77. The molecule has 0 rings (SSSR count). The van der Waals surface area contributed by atoms with Crippen molar-refractivity contribution in [1.29, 1.82) is 0 Å². The summed E-state index contributed by atoms with van der Waals surface area (Å²) in [6.07, 6.45) is 0.262. The summed E-state index contributed by atoms with van der Waals surface area (Å²) in [6, 6.07) is 0. The normalized spacial score (nSPS) is 11.6. The summed E-state index contributed by atoms with van der Waals surface area (Å²) >= 11 is 0. The van der Waals surface area contributed by atoms with Crippen LogP contribution in [0.15, 0.2) is 12.7 Å². The van der Waals surface area contributed by atoms with Crippen molar-refractivity contribution in [2.75, 3.05) is 13.7 Å². The molecule has 0 unspecified atom stereocenters. The van der Waals surface area contributed by atoms with Crippen LogP contribution in [0.1, 0.15) is 12.8 Å². The molecule has 0 aromatic carbocycles. The molecule has 0 spiro atoms. The van der Waals surface area contributed by atoms with E-state index in [9.17, 15) is 14.7 Å². The number of carbonyl (C=O) groups excluding carboxylic acids is 2. The molecule has 5 nitrogen and oxygen atoms in total. The molecule has 1 atom stereocenters. The average Bonchev–Trinajstić information content (AvgIpc) is 2.14. The van der Waals surface area contributed by atoms with Gasteiger partial charge in [-0.3, -0.25) is 9.59 Å². The van der Waals surface area contributed by atoms with Crippen molar-refractivity contribution in [1.82, 2.24) is 5.32 Å². The van der Waals surface area contributed by atoms with Gasteiger partial charge in [0.15, 0.2) is 0 Å². The number of amides is 1. The molecule has 0 aliphatic heterocycles. The van der Waals surface area contributed by atoms with Crippen molar-refractivity contribution in [3.8, 4) is 0 Å². The zero-order valence-corrected chi connectivity index (χ0v) is 8.16. The predicted octanol–water partition coefficient (Wildman–Crippen LogP) is -0.397. The minimum Gasteiger partial charge on any atom is -0.469 e. The summed E-state index contributed by atoms with van der Waals surface area (Å²) < 4.78 is 4.34. The molecular weight excluding hydrogens is 186 g/mol. The second-order valence-corrected chi connectivity index (χ2v) is 2.73. The highest BCUT2D eigenvalue weighted by molar-refractivity contribution is 5.78. The lowest BCUT2D eigenvalue weighted by molar-refractivity contribution is -0.143. The summed E-state index contributed by atoms with van der Waals surface area (Å²) in [5, 5.41) is 11.7. The van der Waals surface area contributed by atoms with E-state index in [1.807, 2.05) is 0 Å². The van der Waals surface area contributed by atoms with Gasteiger partial charge in [-0.1, -0.05) is 6.08 Å². The topological polar surface area (TPSA) is 75.6 Å². The van der Waals surface area contributed by atoms with Crippen molar-refractivity contribution >= 4 is 11.9 Å². The van der Waals surface area contributed by atoms with Crippen LogP contribution in [0.3, 0.4) is 0 Å². The molecule has 0 saturated heterocycles. The van der Waals surface area contributed by atoms with Crippen LogP contribution in [-0.2, 0) is 14.3 Å². The lowest BCUT2D eigenvalue weighted by Crippen LogP contribution is -2.28. The summed E-state index contributed by atoms with van der Waals surface area (Å²) in [4.78, 5) is 21.7. The molecular formula is C9H15NO4. The van der Waals surface area contributed by atoms with E-state index in [4.69, 9.17) is 0 Å². The Balaban J connectivity index is 3.70. The molecule has 1 amide bonds. The van der Waals surface area contributed by atoms with E-state index in [0.717, 1.165) is 0 Å². The Morgan fingerprint density at radius 1 is 1.57 bits per heavy atom. The highest BCUT2D eigenvalue weighted by Crippen LogP contribution is 1.98. The number of aliphatic hydroxyl groups excluding tert-OH is 1. The van der Waals surface area contributed by atoms with Gasteiger partial charge in [0.25, 0.3) is 0 Å². The van der Waals surface area contributed by atoms with Gasteiger partial charge in [0.2, 0.25) is 5.91 Å². The Kier molecular flexibility index (Phi) is 6.39. The Hall–Kier alpha value is -1.36. The molecule has 0 aromatic heterocycles. The largest absolute Gasteiger partial charge is 0.469 e. The Bertz CT molecular complexity index is 215. The second-order valence-electron chi connectivity index (χ2n) is 2.73. The summed E-state index contributed by atoms with van der Waals surface area (Å²) in [7, 11) is 1.23. The van der Waals surface area contributed by atoms with E-state index in [2.05, 4.69) is 16.6 Å². The maximum absolute atomic E-state index is 11.0. The fourth-order valence-corrected chi connectivity index (χ4v) is 0.820. The van der Waals surface area contributed by atoms with Crippen molar-refractivity contribution in [3.63, 3.8) is 0 Å². The third kappa shape index (κ3) is 6.19. The number of methoxy groups -OCH3 is 1. The zero-order valence-electron chi connectivity index (χ0n) is 8.16. The maximum Gasteiger partial charge on any atom is 0.308 e. The number of ether oxygens (including phenoxy) is 1. The molecule has 0 radical (unpaired) electrons. The van der Waals surface area contributed by atoms with Crippen molar-refractivity contribution in [2.24, 2.45) is 0 Å². The number of rotatable bonds is 6. The highest BCUT2D eigenvalue weighted by atomic mass is 16.5. The monoisotopic (exact) mass is 201 g/mol. The first-order valence-corrected chi connectivity index (χ1v) is 4.22. The van der Waals surface area contributed by atoms with Crippen LogP contribution in [0, 0.1) is 0 Å². The van der Waals surface area contributed by atoms with Crippen LogP contribution in [0.25, 0.3) is 0 Å². The fourth-order valence-electron chi connectivity index (χ4n) is 0.820. The zero-order chi connectivity index (χ0) is 11.0. The molecule has 0 heterocycles. The summed E-state index contributed by atoms with van der Waals surface area (Å²) in [5.41, 5.74) is 0. The molecule has 0 aromatic rings. The number of aliphatic hydroxyl groups is 1. The van der Waals surface area contributed by atoms with Crippen molar-refractivity contribution in [2.45, 2.75) is 18.9 Å². The molecule has 2 N–H and O–H groups in total. The fraction of sp³-hybridized carbons (Fsp3) is 0.556. The smallest absolute Gasteiger partial charge is 0.308 e. The molecule has 0 aliphatic carbocycles. The highest BCUT2D eigenvalue weighted by Gasteiger charge is 2.14. The first-order valence-electron chi connectivity index (χ1n) is 4.22. The third-order valence-corrected chi connectivity index (χ3v) is 1.49. The lowest BCUT2D eigenvalue weighted by Gasteiger charge is -2.08. The molecule has 14 heavy (non-hydrogen) atoms. The molecule has 80 valence electrons. The average molecular weight is 201 g/mol. The van der Waals surface area contributed by atoms with Crippen molar-refractivity contribution in [3.05, 3.63) is 12.7 Å². The van der Waals surface area contributed by atoms with Crippen LogP contribution in [-0.4, -0.2) is 36.7 Å². The number of esters is 1. The van der Waals surface area contributed by atoms with Gasteiger partial charge in [0.05, 0.1) is 26.1 Å². The number of hydrogen-bond donors (Lipinski definition) is 2. The van der Waals surface area contributed by atoms with Crippen molar-refractivity contribution < 1.29 is 19.4 Å². The van der Waals surface area contributed by atoms with Crippen LogP contribution in [0.2, 0.25) is 0 Å². The third-order valence-electron chi connectivity index (χ3n) is 1.49. The molecule has 0 bridgehead atoms. The first kappa shape index (κ1) is 12.6. The van der Waals surface area contributed by atoms with E-state index in [-0.39, 0.29) is 18.7 Å². The van der Waals surface area contributed by atoms with E-state index in [1.54, 1.807) is 0 Å². The lowest BCUT2D eigenvalue weighted by atomic mass is 10.2. The number of carbonyl (C=O) groups is 2. The second kappa shape index (κ2) is 7.08. The molecule has 0 fully saturated rings.